The highest BCUT2D eigenvalue weighted by Gasteiger charge is 2.02. The molecular formula is C6H8N4O2. The zero-order valence-corrected chi connectivity index (χ0v) is 6.52. The van der Waals surface area contributed by atoms with Gasteiger partial charge in [-0.2, -0.15) is 0 Å². The van der Waals surface area contributed by atoms with Gasteiger partial charge in [0.15, 0.2) is 0 Å². The summed E-state index contributed by atoms with van der Waals surface area (Å²) >= 11 is 0. The number of rotatable bonds is 2. The quantitative estimate of drug-likeness (QED) is 0.671. The molecule has 1 aromatic heterocycles. The van der Waals surface area contributed by atoms with Crippen LogP contribution in [0.5, 0.6) is 5.88 Å². The van der Waals surface area contributed by atoms with E-state index in [2.05, 4.69) is 25.2 Å². The maximum Gasteiger partial charge on any atom is 0.414 e. The van der Waals surface area contributed by atoms with Gasteiger partial charge in [0, 0.05) is 6.54 Å². The molecule has 0 aromatic carbocycles. The smallest absolute Gasteiger partial charge is 0.388 e. The summed E-state index contributed by atoms with van der Waals surface area (Å²) in [5.74, 6) is 0.0865. The van der Waals surface area contributed by atoms with Crippen molar-refractivity contribution in [1.82, 2.24) is 20.5 Å². The second-order valence-corrected chi connectivity index (χ2v) is 1.87. The fourth-order valence-corrected chi connectivity index (χ4v) is 0.558. The average Bonchev–Trinajstić information content (AvgIpc) is 2.06. The van der Waals surface area contributed by atoms with Crippen molar-refractivity contribution in [1.29, 1.82) is 0 Å². The van der Waals surface area contributed by atoms with E-state index in [1.807, 2.05) is 0 Å². The summed E-state index contributed by atoms with van der Waals surface area (Å²) in [5, 5.41) is 9.37. The number of hydrogen-bond acceptors (Lipinski definition) is 5. The van der Waals surface area contributed by atoms with E-state index in [4.69, 9.17) is 0 Å². The van der Waals surface area contributed by atoms with Gasteiger partial charge in [0.05, 0.1) is 6.20 Å². The molecule has 1 heterocycles. The molecule has 0 radical (unpaired) electrons. The van der Waals surface area contributed by atoms with Gasteiger partial charge >= 0.3 is 6.09 Å². The molecule has 0 saturated carbocycles. The van der Waals surface area contributed by atoms with Gasteiger partial charge in [-0.15, -0.1) is 10.2 Å². The molecule has 1 rings (SSSR count). The average molecular weight is 168 g/mol. The molecule has 0 aliphatic heterocycles. The predicted molar refractivity (Wildman–Crippen MR) is 39.5 cm³/mol. The Morgan fingerprint density at radius 2 is 2.58 bits per heavy atom. The number of aromatic nitrogens is 3. The van der Waals surface area contributed by atoms with Crippen molar-refractivity contribution < 1.29 is 9.53 Å². The third-order valence-electron chi connectivity index (χ3n) is 0.978. The topological polar surface area (TPSA) is 77.0 Å². The van der Waals surface area contributed by atoms with Crippen LogP contribution >= 0.6 is 0 Å². The summed E-state index contributed by atoms with van der Waals surface area (Å²) in [6.45, 7) is 2.29. The van der Waals surface area contributed by atoms with Crippen molar-refractivity contribution in [2.24, 2.45) is 0 Å². The molecule has 6 nitrogen and oxygen atoms in total. The van der Waals surface area contributed by atoms with Gasteiger partial charge in [-0.3, -0.25) is 0 Å². The number of nitrogens with zero attached hydrogens (tertiary/aromatic N) is 3. The highest BCUT2D eigenvalue weighted by atomic mass is 16.6. The molecule has 0 fully saturated rings. The van der Waals surface area contributed by atoms with E-state index in [1.165, 1.54) is 12.5 Å². The lowest BCUT2D eigenvalue weighted by atomic mass is 10.7. The molecule has 1 N–H and O–H groups in total. The Morgan fingerprint density at radius 3 is 3.17 bits per heavy atom. The monoisotopic (exact) mass is 168 g/mol. The van der Waals surface area contributed by atoms with Crippen molar-refractivity contribution in [3.8, 4) is 5.88 Å². The minimum Gasteiger partial charge on any atom is -0.388 e. The maximum atomic E-state index is 10.8. The Labute approximate surface area is 69.0 Å². The van der Waals surface area contributed by atoms with Crippen molar-refractivity contribution in [2.45, 2.75) is 6.92 Å². The Morgan fingerprint density at radius 1 is 1.75 bits per heavy atom. The van der Waals surface area contributed by atoms with E-state index in [-0.39, 0.29) is 5.88 Å². The molecule has 0 atom stereocenters. The number of hydrogen-bond donors (Lipinski definition) is 1. The maximum absolute atomic E-state index is 10.8. The van der Waals surface area contributed by atoms with Crippen molar-refractivity contribution in [3.05, 3.63) is 12.5 Å². The van der Waals surface area contributed by atoms with E-state index in [1.54, 1.807) is 6.92 Å². The molecule has 0 aliphatic carbocycles. The number of carbonyl (C=O) groups is 1. The second kappa shape index (κ2) is 4.22. The lowest BCUT2D eigenvalue weighted by Gasteiger charge is -2.00. The van der Waals surface area contributed by atoms with Gasteiger partial charge in [0.25, 0.3) is 5.88 Å². The SMILES string of the molecule is CCNC(=O)Oc1cncnn1. The van der Waals surface area contributed by atoms with E-state index >= 15 is 0 Å². The second-order valence-electron chi connectivity index (χ2n) is 1.87. The van der Waals surface area contributed by atoms with Crippen LogP contribution in [0.25, 0.3) is 0 Å². The Bertz CT molecular complexity index is 251. The molecule has 1 aromatic rings. The van der Waals surface area contributed by atoms with E-state index < -0.39 is 6.09 Å². The van der Waals surface area contributed by atoms with Crippen LogP contribution in [0, 0.1) is 0 Å². The fourth-order valence-electron chi connectivity index (χ4n) is 0.558. The largest absolute Gasteiger partial charge is 0.414 e. The van der Waals surface area contributed by atoms with Crippen LogP contribution in [0.1, 0.15) is 6.92 Å². The summed E-state index contributed by atoms with van der Waals surface area (Å²) in [5.41, 5.74) is 0. The first-order valence-electron chi connectivity index (χ1n) is 3.41. The van der Waals surface area contributed by atoms with E-state index in [0.717, 1.165) is 0 Å². The van der Waals surface area contributed by atoms with Crippen LogP contribution in [0.2, 0.25) is 0 Å². The molecule has 0 saturated heterocycles. The van der Waals surface area contributed by atoms with E-state index in [9.17, 15) is 4.79 Å². The number of nitrogens with one attached hydrogen (secondary N) is 1. The lowest BCUT2D eigenvalue weighted by Crippen LogP contribution is -2.26. The van der Waals surface area contributed by atoms with Gasteiger partial charge in [-0.05, 0) is 6.92 Å². The predicted octanol–water partition coefficient (Wildman–Crippen LogP) is -0.0201. The summed E-state index contributed by atoms with van der Waals surface area (Å²) in [4.78, 5) is 14.4. The van der Waals surface area contributed by atoms with Gasteiger partial charge in [0.2, 0.25) is 0 Å². The molecule has 1 amide bonds. The molecule has 0 unspecified atom stereocenters. The highest BCUT2D eigenvalue weighted by Crippen LogP contribution is 1.98. The van der Waals surface area contributed by atoms with Crippen LogP contribution in [0.15, 0.2) is 12.5 Å². The Balaban J connectivity index is 2.47. The molecule has 6 heteroatoms. The standard InChI is InChI=1S/C6H8N4O2/c1-2-8-6(11)12-5-3-7-4-9-10-5/h3-4H,2H2,1H3,(H,8,11). The van der Waals surface area contributed by atoms with Gasteiger partial charge in [-0.1, -0.05) is 0 Å². The number of carbonyl (C=O) groups excluding carboxylic acids is 1. The van der Waals surface area contributed by atoms with Crippen molar-refractivity contribution >= 4 is 6.09 Å². The van der Waals surface area contributed by atoms with Crippen LogP contribution in [0.4, 0.5) is 4.79 Å². The molecule has 12 heavy (non-hydrogen) atoms. The van der Waals surface area contributed by atoms with Crippen LogP contribution in [-0.4, -0.2) is 27.8 Å². The fraction of sp³-hybridized carbons (Fsp3) is 0.333. The number of ether oxygens (including phenoxy) is 1. The summed E-state index contributed by atoms with van der Waals surface area (Å²) in [6, 6.07) is 0. The van der Waals surface area contributed by atoms with Crippen molar-refractivity contribution in [2.75, 3.05) is 6.54 Å². The Hall–Kier alpha value is -1.72. The molecular weight excluding hydrogens is 160 g/mol. The van der Waals surface area contributed by atoms with Crippen molar-refractivity contribution in [3.63, 3.8) is 0 Å². The first-order valence-corrected chi connectivity index (χ1v) is 3.41. The number of amides is 1. The molecule has 0 spiro atoms. The van der Waals surface area contributed by atoms with Gasteiger partial charge in [-0.25, -0.2) is 9.78 Å². The minimum atomic E-state index is -0.556. The molecule has 0 aliphatic rings. The lowest BCUT2D eigenvalue weighted by molar-refractivity contribution is 0.198. The Kier molecular flexibility index (Phi) is 2.95. The minimum absolute atomic E-state index is 0.0865. The van der Waals surface area contributed by atoms with Crippen LogP contribution < -0.4 is 10.1 Å². The molecule has 64 valence electrons. The summed E-state index contributed by atoms with van der Waals surface area (Å²) in [7, 11) is 0. The van der Waals surface area contributed by atoms with Crippen LogP contribution in [-0.2, 0) is 0 Å². The van der Waals surface area contributed by atoms with Gasteiger partial charge in [0.1, 0.15) is 6.33 Å². The third-order valence-corrected chi connectivity index (χ3v) is 0.978. The molecule has 0 bridgehead atoms. The van der Waals surface area contributed by atoms with E-state index in [0.29, 0.717) is 6.54 Å². The summed E-state index contributed by atoms with van der Waals surface area (Å²) < 4.78 is 4.67. The summed E-state index contributed by atoms with van der Waals surface area (Å²) in [6.07, 6.45) is 2.01. The third kappa shape index (κ3) is 2.49. The highest BCUT2D eigenvalue weighted by molar-refractivity contribution is 5.69. The zero-order valence-electron chi connectivity index (χ0n) is 6.52. The van der Waals surface area contributed by atoms with Crippen LogP contribution in [0.3, 0.4) is 0 Å². The normalized spacial score (nSPS) is 9.08. The first kappa shape index (κ1) is 8.38. The zero-order chi connectivity index (χ0) is 8.81. The first-order chi connectivity index (χ1) is 5.83. The van der Waals surface area contributed by atoms with Gasteiger partial charge < -0.3 is 10.1 Å².